The van der Waals surface area contributed by atoms with Crippen LogP contribution in [0.15, 0.2) is 0 Å². The summed E-state index contributed by atoms with van der Waals surface area (Å²) >= 11 is 0. The van der Waals surface area contributed by atoms with Crippen molar-refractivity contribution in [2.24, 2.45) is 0 Å². The maximum absolute atomic E-state index is 10.9. The van der Waals surface area contributed by atoms with Crippen molar-refractivity contribution < 1.29 is 29.0 Å². The minimum Gasteiger partial charge on any atom is -0.462 e. The fourth-order valence-corrected chi connectivity index (χ4v) is 1.45. The molecule has 0 spiro atoms. The van der Waals surface area contributed by atoms with E-state index < -0.39 is 0 Å². The second-order valence-corrected chi connectivity index (χ2v) is 3.10. The summed E-state index contributed by atoms with van der Waals surface area (Å²) in [5, 5.41) is 0. The maximum atomic E-state index is 10.9. The summed E-state index contributed by atoms with van der Waals surface area (Å²) in [6.07, 6.45) is 6.65. The van der Waals surface area contributed by atoms with E-state index >= 15 is 0 Å². The van der Waals surface area contributed by atoms with Gasteiger partial charge in [-0.15, -0.1) is 0 Å². The van der Waals surface area contributed by atoms with E-state index in [0.29, 0.717) is 6.42 Å². The van der Waals surface area contributed by atoms with Gasteiger partial charge in [0.05, 0.1) is 0 Å². The Labute approximate surface area is 86.8 Å². The number of hydrogen-bond donors (Lipinski definition) is 0. The number of carbonyl (C=O) groups excluding carboxylic acids is 1. The third-order valence-electron chi connectivity index (χ3n) is 2.14. The van der Waals surface area contributed by atoms with Crippen LogP contribution in [0.1, 0.15) is 45.4 Å². The standard InChI is InChI=1S/C9H16O2.Ru/c1-2-9(10)11-8-6-4-3-5-7-8;/h8H,2-7H2,1H3;. The smallest absolute Gasteiger partial charge is 0.305 e. The molecule has 3 heteroatoms. The molecule has 72 valence electrons. The Morgan fingerprint density at radius 3 is 2.42 bits per heavy atom. The number of ether oxygens (including phenoxy) is 1. The van der Waals surface area contributed by atoms with Crippen molar-refractivity contribution in [2.75, 3.05) is 0 Å². The summed E-state index contributed by atoms with van der Waals surface area (Å²) in [6, 6.07) is 0. The van der Waals surface area contributed by atoms with Crippen LogP contribution < -0.4 is 0 Å². The molecule has 0 bridgehead atoms. The van der Waals surface area contributed by atoms with Gasteiger partial charge in [-0.25, -0.2) is 0 Å². The van der Waals surface area contributed by atoms with Crippen LogP contribution in [-0.2, 0) is 29.0 Å². The summed E-state index contributed by atoms with van der Waals surface area (Å²) in [7, 11) is 0. The van der Waals surface area contributed by atoms with Crippen LogP contribution in [0.4, 0.5) is 0 Å². The zero-order valence-corrected chi connectivity index (χ0v) is 9.23. The van der Waals surface area contributed by atoms with Gasteiger partial charge in [-0.05, 0) is 25.7 Å². The van der Waals surface area contributed by atoms with Gasteiger partial charge in [-0.2, -0.15) is 0 Å². The van der Waals surface area contributed by atoms with Gasteiger partial charge >= 0.3 is 5.97 Å². The summed E-state index contributed by atoms with van der Waals surface area (Å²) in [4.78, 5) is 10.9. The average Bonchev–Trinajstić information content (AvgIpc) is 2.06. The first kappa shape index (κ1) is 12.1. The van der Waals surface area contributed by atoms with Gasteiger partial charge in [-0.3, -0.25) is 4.79 Å². The molecule has 0 saturated heterocycles. The van der Waals surface area contributed by atoms with Gasteiger partial charge < -0.3 is 4.74 Å². The van der Waals surface area contributed by atoms with E-state index in [4.69, 9.17) is 4.74 Å². The van der Waals surface area contributed by atoms with Crippen molar-refractivity contribution in [3.05, 3.63) is 0 Å². The Bertz CT molecular complexity index is 130. The molecule has 0 N–H and O–H groups in total. The minimum absolute atomic E-state index is 0. The first-order chi connectivity index (χ1) is 5.33. The van der Waals surface area contributed by atoms with E-state index in [-0.39, 0.29) is 31.6 Å². The first-order valence-corrected chi connectivity index (χ1v) is 4.52. The second kappa shape index (κ2) is 6.59. The van der Waals surface area contributed by atoms with Gasteiger partial charge in [0.15, 0.2) is 0 Å². The Morgan fingerprint density at radius 2 is 1.92 bits per heavy atom. The molecule has 0 heterocycles. The molecule has 1 saturated carbocycles. The van der Waals surface area contributed by atoms with E-state index in [9.17, 15) is 4.79 Å². The molecule has 1 fully saturated rings. The van der Waals surface area contributed by atoms with E-state index in [1.807, 2.05) is 6.92 Å². The van der Waals surface area contributed by atoms with Crippen molar-refractivity contribution in [1.29, 1.82) is 0 Å². The monoisotopic (exact) mass is 258 g/mol. The summed E-state index contributed by atoms with van der Waals surface area (Å²) in [5.41, 5.74) is 0. The van der Waals surface area contributed by atoms with Crippen molar-refractivity contribution >= 4 is 5.97 Å². The number of esters is 1. The van der Waals surface area contributed by atoms with Crippen molar-refractivity contribution in [3.63, 3.8) is 0 Å². The van der Waals surface area contributed by atoms with E-state index in [1.165, 1.54) is 19.3 Å². The molecule has 0 radical (unpaired) electrons. The van der Waals surface area contributed by atoms with E-state index in [1.54, 1.807) is 0 Å². The van der Waals surface area contributed by atoms with Crippen molar-refractivity contribution in [1.82, 2.24) is 0 Å². The largest absolute Gasteiger partial charge is 0.462 e. The molecule has 0 aromatic carbocycles. The molecule has 0 amide bonds. The normalized spacial score (nSPS) is 18.1. The minimum atomic E-state index is -0.0445. The van der Waals surface area contributed by atoms with Crippen LogP contribution >= 0.6 is 0 Å². The molecule has 0 atom stereocenters. The van der Waals surface area contributed by atoms with Crippen LogP contribution in [0.25, 0.3) is 0 Å². The summed E-state index contributed by atoms with van der Waals surface area (Å²) in [6.45, 7) is 1.84. The zero-order chi connectivity index (χ0) is 8.10. The summed E-state index contributed by atoms with van der Waals surface area (Å²) < 4.78 is 5.20. The first-order valence-electron chi connectivity index (χ1n) is 4.52. The Balaban J connectivity index is 0.00000121. The third-order valence-corrected chi connectivity index (χ3v) is 2.14. The third kappa shape index (κ3) is 4.20. The van der Waals surface area contributed by atoms with Crippen LogP contribution in [0.5, 0.6) is 0 Å². The van der Waals surface area contributed by atoms with Crippen molar-refractivity contribution in [2.45, 2.75) is 51.6 Å². The van der Waals surface area contributed by atoms with Gasteiger partial charge in [-0.1, -0.05) is 13.3 Å². The quantitative estimate of drug-likeness (QED) is 0.560. The number of carbonyl (C=O) groups is 1. The fourth-order valence-electron chi connectivity index (χ4n) is 1.45. The fraction of sp³-hybridized carbons (Fsp3) is 0.889. The maximum Gasteiger partial charge on any atom is 0.305 e. The topological polar surface area (TPSA) is 26.3 Å². The predicted molar refractivity (Wildman–Crippen MR) is 43.3 cm³/mol. The SMILES string of the molecule is CCC(=O)OC1CCCCC1.[Ru]. The molecule has 0 unspecified atom stereocenters. The molecule has 0 aliphatic heterocycles. The van der Waals surface area contributed by atoms with Crippen LogP contribution in [-0.4, -0.2) is 12.1 Å². The van der Waals surface area contributed by atoms with Crippen LogP contribution in [0, 0.1) is 0 Å². The van der Waals surface area contributed by atoms with E-state index in [0.717, 1.165) is 12.8 Å². The average molecular weight is 257 g/mol. The van der Waals surface area contributed by atoms with Crippen LogP contribution in [0.2, 0.25) is 0 Å². The second-order valence-electron chi connectivity index (χ2n) is 3.10. The predicted octanol–water partition coefficient (Wildman–Crippen LogP) is 2.27. The van der Waals surface area contributed by atoms with Gasteiger partial charge in [0, 0.05) is 25.9 Å². The molecule has 1 aliphatic carbocycles. The van der Waals surface area contributed by atoms with Crippen LogP contribution in [0.3, 0.4) is 0 Å². The number of hydrogen-bond acceptors (Lipinski definition) is 2. The van der Waals surface area contributed by atoms with Gasteiger partial charge in [0.25, 0.3) is 0 Å². The molecule has 1 rings (SSSR count). The molecule has 12 heavy (non-hydrogen) atoms. The molecule has 0 aromatic heterocycles. The molecule has 0 aromatic rings. The van der Waals surface area contributed by atoms with Gasteiger partial charge in [0.2, 0.25) is 0 Å². The molecule has 2 nitrogen and oxygen atoms in total. The zero-order valence-electron chi connectivity index (χ0n) is 7.49. The van der Waals surface area contributed by atoms with Gasteiger partial charge in [0.1, 0.15) is 6.10 Å². The molecular weight excluding hydrogens is 241 g/mol. The molecule has 1 aliphatic rings. The van der Waals surface area contributed by atoms with E-state index in [2.05, 4.69) is 0 Å². The number of rotatable bonds is 2. The summed E-state index contributed by atoms with van der Waals surface area (Å²) in [5.74, 6) is -0.0445. The Hall–Kier alpha value is 0.0934. The van der Waals surface area contributed by atoms with Crippen molar-refractivity contribution in [3.8, 4) is 0 Å². The Morgan fingerprint density at radius 1 is 1.33 bits per heavy atom. The molecular formula is C9H16O2Ru. The Kier molecular flexibility index (Phi) is 6.64.